The monoisotopic (exact) mass is 216 g/mol. The molecule has 0 bridgehead atoms. The molecule has 0 radical (unpaired) electrons. The average Bonchev–Trinajstić information content (AvgIpc) is 2.31. The predicted octanol–water partition coefficient (Wildman–Crippen LogP) is 0.317. The molecule has 1 unspecified atom stereocenters. The molecule has 0 aromatic rings. The molecule has 0 aromatic heterocycles. The Labute approximate surface area is 90.2 Å². The molecule has 4 heteroatoms. The van der Waals surface area contributed by atoms with E-state index in [0.717, 1.165) is 32.3 Å². The third-order valence-corrected chi connectivity index (χ3v) is 3.96. The average molecular weight is 216 g/mol. The summed E-state index contributed by atoms with van der Waals surface area (Å²) in [6.45, 7) is 2.36. The molecule has 2 N–H and O–H groups in total. The normalized spacial score (nSPS) is 36.4. The molecular formula is C11H20O4. The first-order valence-electron chi connectivity index (χ1n) is 5.71. The fourth-order valence-electron chi connectivity index (χ4n) is 2.73. The van der Waals surface area contributed by atoms with Crippen LogP contribution in [0.1, 0.15) is 25.7 Å². The quantitative estimate of drug-likeness (QED) is 0.698. The van der Waals surface area contributed by atoms with Crippen molar-refractivity contribution in [2.45, 2.75) is 31.3 Å². The van der Waals surface area contributed by atoms with Crippen LogP contribution in [0.15, 0.2) is 0 Å². The second kappa shape index (κ2) is 4.37. The topological polar surface area (TPSA) is 58.9 Å². The summed E-state index contributed by atoms with van der Waals surface area (Å²) >= 11 is 0. The summed E-state index contributed by atoms with van der Waals surface area (Å²) in [6.07, 6.45) is 3.05. The maximum Gasteiger partial charge on any atom is 0.0960 e. The van der Waals surface area contributed by atoms with Crippen molar-refractivity contribution in [3.63, 3.8) is 0 Å². The van der Waals surface area contributed by atoms with Crippen molar-refractivity contribution in [3.05, 3.63) is 0 Å². The molecule has 2 aliphatic rings. The first kappa shape index (κ1) is 11.3. The lowest BCUT2D eigenvalue weighted by Gasteiger charge is -2.49. The Morgan fingerprint density at radius 3 is 2.27 bits per heavy atom. The van der Waals surface area contributed by atoms with E-state index in [-0.39, 0.29) is 6.61 Å². The molecule has 88 valence electrons. The first-order chi connectivity index (χ1) is 7.22. The van der Waals surface area contributed by atoms with Gasteiger partial charge in [0.1, 0.15) is 0 Å². The Morgan fingerprint density at radius 1 is 1.00 bits per heavy atom. The smallest absolute Gasteiger partial charge is 0.0960 e. The summed E-state index contributed by atoms with van der Waals surface area (Å²) in [7, 11) is 0. The second-order valence-corrected chi connectivity index (χ2v) is 4.74. The SMILES string of the molecule is OCC1(C2(O)CCCOC2)CCOCC1. The fourth-order valence-corrected chi connectivity index (χ4v) is 2.73. The van der Waals surface area contributed by atoms with Gasteiger partial charge in [0.25, 0.3) is 0 Å². The Kier molecular flexibility index (Phi) is 3.30. The zero-order valence-corrected chi connectivity index (χ0v) is 9.07. The Morgan fingerprint density at radius 2 is 1.73 bits per heavy atom. The van der Waals surface area contributed by atoms with Crippen LogP contribution in [-0.4, -0.2) is 48.8 Å². The van der Waals surface area contributed by atoms with Gasteiger partial charge in [0.2, 0.25) is 0 Å². The maximum absolute atomic E-state index is 10.6. The van der Waals surface area contributed by atoms with E-state index in [1.165, 1.54) is 0 Å². The third-order valence-electron chi connectivity index (χ3n) is 3.96. The minimum absolute atomic E-state index is 0.0240. The first-order valence-corrected chi connectivity index (χ1v) is 5.71. The van der Waals surface area contributed by atoms with E-state index in [4.69, 9.17) is 9.47 Å². The van der Waals surface area contributed by atoms with Crippen LogP contribution in [0, 0.1) is 5.41 Å². The summed E-state index contributed by atoms with van der Waals surface area (Å²) in [4.78, 5) is 0. The van der Waals surface area contributed by atoms with Gasteiger partial charge in [-0.25, -0.2) is 0 Å². The van der Waals surface area contributed by atoms with Crippen molar-refractivity contribution in [3.8, 4) is 0 Å². The van der Waals surface area contributed by atoms with Crippen LogP contribution in [-0.2, 0) is 9.47 Å². The molecule has 0 aromatic carbocycles. The van der Waals surface area contributed by atoms with E-state index in [2.05, 4.69) is 0 Å². The van der Waals surface area contributed by atoms with Gasteiger partial charge in [0.15, 0.2) is 0 Å². The van der Waals surface area contributed by atoms with Gasteiger partial charge in [-0.3, -0.25) is 0 Å². The summed E-state index contributed by atoms with van der Waals surface area (Å²) < 4.78 is 10.7. The minimum atomic E-state index is -0.857. The summed E-state index contributed by atoms with van der Waals surface area (Å²) in [6, 6.07) is 0. The molecule has 2 saturated heterocycles. The van der Waals surface area contributed by atoms with E-state index < -0.39 is 11.0 Å². The number of hydrogen-bond acceptors (Lipinski definition) is 4. The molecule has 2 aliphatic heterocycles. The highest BCUT2D eigenvalue weighted by molar-refractivity contribution is 5.01. The molecule has 0 aliphatic carbocycles. The van der Waals surface area contributed by atoms with Gasteiger partial charge in [0.05, 0.1) is 18.8 Å². The Bertz CT molecular complexity index is 205. The van der Waals surface area contributed by atoms with Gasteiger partial charge in [-0.05, 0) is 25.7 Å². The summed E-state index contributed by atoms with van der Waals surface area (Å²) in [5.74, 6) is 0. The van der Waals surface area contributed by atoms with Crippen LogP contribution in [0.3, 0.4) is 0 Å². The van der Waals surface area contributed by atoms with Crippen molar-refractivity contribution in [1.29, 1.82) is 0 Å². The number of aliphatic hydroxyl groups is 2. The van der Waals surface area contributed by atoms with Gasteiger partial charge >= 0.3 is 0 Å². The van der Waals surface area contributed by atoms with Crippen molar-refractivity contribution >= 4 is 0 Å². The van der Waals surface area contributed by atoms with Gasteiger partial charge < -0.3 is 19.7 Å². The molecule has 0 saturated carbocycles. The van der Waals surface area contributed by atoms with Crippen LogP contribution >= 0.6 is 0 Å². The largest absolute Gasteiger partial charge is 0.396 e. The Balaban J connectivity index is 2.15. The van der Waals surface area contributed by atoms with Gasteiger partial charge in [0, 0.05) is 25.2 Å². The predicted molar refractivity (Wildman–Crippen MR) is 54.6 cm³/mol. The van der Waals surface area contributed by atoms with E-state index in [0.29, 0.717) is 19.8 Å². The highest BCUT2D eigenvalue weighted by atomic mass is 16.5. The zero-order valence-electron chi connectivity index (χ0n) is 9.07. The van der Waals surface area contributed by atoms with Gasteiger partial charge in [-0.2, -0.15) is 0 Å². The van der Waals surface area contributed by atoms with E-state index in [1.807, 2.05) is 0 Å². The van der Waals surface area contributed by atoms with E-state index >= 15 is 0 Å². The van der Waals surface area contributed by atoms with Crippen LogP contribution in [0.4, 0.5) is 0 Å². The highest BCUT2D eigenvalue weighted by Gasteiger charge is 2.51. The van der Waals surface area contributed by atoms with Crippen molar-refractivity contribution in [1.82, 2.24) is 0 Å². The number of aliphatic hydroxyl groups excluding tert-OH is 1. The maximum atomic E-state index is 10.6. The van der Waals surface area contributed by atoms with Crippen molar-refractivity contribution in [2.75, 3.05) is 33.0 Å². The van der Waals surface area contributed by atoms with Crippen molar-refractivity contribution < 1.29 is 19.7 Å². The molecule has 4 nitrogen and oxygen atoms in total. The lowest BCUT2D eigenvalue weighted by Crippen LogP contribution is -2.57. The highest BCUT2D eigenvalue weighted by Crippen LogP contribution is 2.44. The number of rotatable bonds is 2. The van der Waals surface area contributed by atoms with E-state index in [9.17, 15) is 10.2 Å². The van der Waals surface area contributed by atoms with Crippen LogP contribution in [0.25, 0.3) is 0 Å². The number of ether oxygens (including phenoxy) is 2. The fraction of sp³-hybridized carbons (Fsp3) is 1.00. The lowest BCUT2D eigenvalue weighted by molar-refractivity contribution is -0.200. The standard InChI is InChI=1S/C11H20O4/c12-8-10(3-6-14-7-4-10)11(13)2-1-5-15-9-11/h12-13H,1-9H2. The molecule has 0 amide bonds. The van der Waals surface area contributed by atoms with Crippen LogP contribution in [0.2, 0.25) is 0 Å². The second-order valence-electron chi connectivity index (χ2n) is 4.74. The third kappa shape index (κ3) is 1.91. The van der Waals surface area contributed by atoms with Crippen LogP contribution < -0.4 is 0 Å². The van der Waals surface area contributed by atoms with Crippen LogP contribution in [0.5, 0.6) is 0 Å². The molecule has 2 fully saturated rings. The summed E-state index contributed by atoms with van der Waals surface area (Å²) in [5.41, 5.74) is -1.27. The molecule has 0 spiro atoms. The van der Waals surface area contributed by atoms with Crippen molar-refractivity contribution in [2.24, 2.45) is 5.41 Å². The molecule has 1 atom stereocenters. The molecule has 2 heterocycles. The molecule has 15 heavy (non-hydrogen) atoms. The molecular weight excluding hydrogens is 196 g/mol. The minimum Gasteiger partial charge on any atom is -0.396 e. The molecule has 2 rings (SSSR count). The van der Waals surface area contributed by atoms with Gasteiger partial charge in [-0.15, -0.1) is 0 Å². The lowest BCUT2D eigenvalue weighted by atomic mass is 9.65. The van der Waals surface area contributed by atoms with Gasteiger partial charge in [-0.1, -0.05) is 0 Å². The van der Waals surface area contributed by atoms with E-state index in [1.54, 1.807) is 0 Å². The zero-order chi connectivity index (χ0) is 10.8. The Hall–Kier alpha value is -0.160. The summed E-state index contributed by atoms with van der Waals surface area (Å²) in [5, 5.41) is 20.2. The number of hydrogen-bond donors (Lipinski definition) is 2.